The minimum Gasteiger partial charge on any atom is -0.375 e. The van der Waals surface area contributed by atoms with Crippen LogP contribution in [-0.2, 0) is 0 Å². The van der Waals surface area contributed by atoms with Crippen LogP contribution in [0.5, 0.6) is 0 Å². The first kappa shape index (κ1) is 11.9. The number of nitrogens with zero attached hydrogens (tertiary/aromatic N) is 1. The molecular weight excluding hydrogens is 242 g/mol. The van der Waals surface area contributed by atoms with Crippen LogP contribution in [0.25, 0.3) is 10.9 Å². The fraction of sp³-hybridized carbons (Fsp3) is 0.500. The third kappa shape index (κ3) is 2.35. The Balaban J connectivity index is 1.73. The van der Waals surface area contributed by atoms with Crippen molar-refractivity contribution in [2.75, 3.05) is 25.0 Å². The third-order valence-corrected chi connectivity index (χ3v) is 4.71. The van der Waals surface area contributed by atoms with Crippen LogP contribution in [0.4, 0.5) is 5.00 Å². The number of nitrogens with one attached hydrogen (secondary N) is 2. The zero-order chi connectivity index (χ0) is 12.4. The smallest absolute Gasteiger partial charge is 0.117 e. The van der Waals surface area contributed by atoms with Crippen molar-refractivity contribution in [3.63, 3.8) is 0 Å². The van der Waals surface area contributed by atoms with Gasteiger partial charge in [-0.15, -0.1) is 0 Å². The second-order valence-electron chi connectivity index (χ2n) is 5.44. The molecule has 1 aromatic heterocycles. The van der Waals surface area contributed by atoms with Crippen molar-refractivity contribution in [3.05, 3.63) is 24.3 Å². The van der Waals surface area contributed by atoms with E-state index in [0.717, 1.165) is 25.2 Å². The standard InChI is InChI=1S/C14H19N3S/c1-14(6-8-15-9-7-14)10-16-13-11-4-2-3-5-12(11)17-18-13/h2-5,15-16H,6-10H2,1H3. The van der Waals surface area contributed by atoms with Gasteiger partial charge in [0.15, 0.2) is 0 Å². The SMILES string of the molecule is CC1(CNc2snc3ccccc23)CCNCC1. The quantitative estimate of drug-likeness (QED) is 0.891. The molecule has 18 heavy (non-hydrogen) atoms. The monoisotopic (exact) mass is 261 g/mol. The molecule has 0 bridgehead atoms. The summed E-state index contributed by atoms with van der Waals surface area (Å²) in [7, 11) is 0. The molecule has 0 amide bonds. The Labute approximate surface area is 112 Å². The molecule has 3 nitrogen and oxygen atoms in total. The van der Waals surface area contributed by atoms with Crippen molar-refractivity contribution in [1.29, 1.82) is 0 Å². The molecule has 0 spiro atoms. The van der Waals surface area contributed by atoms with Crippen molar-refractivity contribution in [2.45, 2.75) is 19.8 Å². The van der Waals surface area contributed by atoms with Gasteiger partial charge >= 0.3 is 0 Å². The molecular formula is C14H19N3S. The van der Waals surface area contributed by atoms with Crippen molar-refractivity contribution in [2.24, 2.45) is 5.41 Å². The Kier molecular flexibility index (Phi) is 3.22. The van der Waals surface area contributed by atoms with Gasteiger partial charge in [-0.2, -0.15) is 4.37 Å². The highest BCUT2D eigenvalue weighted by molar-refractivity contribution is 7.11. The van der Waals surface area contributed by atoms with Crippen molar-refractivity contribution >= 4 is 27.4 Å². The predicted octanol–water partition coefficient (Wildman–Crippen LogP) is 3.10. The number of benzene rings is 1. The summed E-state index contributed by atoms with van der Waals surface area (Å²) in [4.78, 5) is 0. The van der Waals surface area contributed by atoms with Gasteiger partial charge in [0.2, 0.25) is 0 Å². The highest BCUT2D eigenvalue weighted by Gasteiger charge is 2.26. The van der Waals surface area contributed by atoms with Gasteiger partial charge in [0.25, 0.3) is 0 Å². The van der Waals surface area contributed by atoms with Gasteiger partial charge in [-0.3, -0.25) is 0 Å². The van der Waals surface area contributed by atoms with Gasteiger partial charge in [0.1, 0.15) is 5.00 Å². The van der Waals surface area contributed by atoms with Crippen LogP contribution in [0.1, 0.15) is 19.8 Å². The Hall–Kier alpha value is -1.13. The van der Waals surface area contributed by atoms with Crippen LogP contribution in [0.3, 0.4) is 0 Å². The molecule has 1 aromatic carbocycles. The summed E-state index contributed by atoms with van der Waals surface area (Å²) >= 11 is 1.57. The maximum Gasteiger partial charge on any atom is 0.117 e. The van der Waals surface area contributed by atoms with E-state index >= 15 is 0 Å². The third-order valence-electron chi connectivity index (χ3n) is 3.87. The highest BCUT2D eigenvalue weighted by atomic mass is 32.1. The van der Waals surface area contributed by atoms with Gasteiger partial charge < -0.3 is 10.6 Å². The number of hydrogen-bond donors (Lipinski definition) is 2. The van der Waals surface area contributed by atoms with Crippen molar-refractivity contribution < 1.29 is 0 Å². The van der Waals surface area contributed by atoms with E-state index in [-0.39, 0.29) is 0 Å². The minimum atomic E-state index is 0.413. The average molecular weight is 261 g/mol. The maximum atomic E-state index is 4.47. The summed E-state index contributed by atoms with van der Waals surface area (Å²) in [6, 6.07) is 8.34. The van der Waals surface area contributed by atoms with Crippen LogP contribution in [0, 0.1) is 5.41 Å². The molecule has 2 aromatic rings. The van der Waals surface area contributed by atoms with Gasteiger partial charge in [-0.25, -0.2) is 0 Å². The van der Waals surface area contributed by atoms with E-state index in [1.165, 1.54) is 23.2 Å². The van der Waals surface area contributed by atoms with Gasteiger partial charge in [-0.05, 0) is 55.0 Å². The second-order valence-corrected chi connectivity index (χ2v) is 6.22. The van der Waals surface area contributed by atoms with Crippen molar-refractivity contribution in [3.8, 4) is 0 Å². The summed E-state index contributed by atoms with van der Waals surface area (Å²) in [6.45, 7) is 5.70. The Morgan fingerprint density at radius 2 is 2.11 bits per heavy atom. The van der Waals surface area contributed by atoms with E-state index in [1.54, 1.807) is 11.5 Å². The molecule has 96 valence electrons. The molecule has 2 heterocycles. The predicted molar refractivity (Wildman–Crippen MR) is 78.3 cm³/mol. The number of piperidine rings is 1. The van der Waals surface area contributed by atoms with Gasteiger partial charge in [0.05, 0.1) is 5.52 Å². The molecule has 4 heteroatoms. The molecule has 3 rings (SSSR count). The van der Waals surface area contributed by atoms with Crippen LogP contribution in [0.15, 0.2) is 24.3 Å². The van der Waals surface area contributed by atoms with Crippen molar-refractivity contribution in [1.82, 2.24) is 9.69 Å². The summed E-state index contributed by atoms with van der Waals surface area (Å²) in [5.74, 6) is 0. The molecule has 1 aliphatic heterocycles. The van der Waals surface area contributed by atoms with E-state index < -0.39 is 0 Å². The number of rotatable bonds is 3. The van der Waals surface area contributed by atoms with Crippen LogP contribution in [0.2, 0.25) is 0 Å². The molecule has 0 atom stereocenters. The lowest BCUT2D eigenvalue weighted by Crippen LogP contribution is -2.38. The zero-order valence-electron chi connectivity index (χ0n) is 10.7. The topological polar surface area (TPSA) is 37.0 Å². The molecule has 2 N–H and O–H groups in total. The number of anilines is 1. The molecule has 0 unspecified atom stereocenters. The summed E-state index contributed by atoms with van der Waals surface area (Å²) in [5.41, 5.74) is 1.51. The summed E-state index contributed by atoms with van der Waals surface area (Å²) in [5, 5.41) is 9.49. The minimum absolute atomic E-state index is 0.413. The maximum absolute atomic E-state index is 4.47. The van der Waals surface area contributed by atoms with Gasteiger partial charge in [-0.1, -0.05) is 19.1 Å². The number of fused-ring (bicyclic) bond motifs is 1. The van der Waals surface area contributed by atoms with E-state index in [1.807, 2.05) is 6.07 Å². The van der Waals surface area contributed by atoms with E-state index in [4.69, 9.17) is 0 Å². The van der Waals surface area contributed by atoms with Crippen LogP contribution in [-0.4, -0.2) is 24.0 Å². The lowest BCUT2D eigenvalue weighted by atomic mass is 9.81. The largest absolute Gasteiger partial charge is 0.375 e. The Morgan fingerprint density at radius 3 is 2.94 bits per heavy atom. The molecule has 1 aliphatic rings. The Bertz CT molecular complexity index is 529. The summed E-state index contributed by atoms with van der Waals surface area (Å²) in [6.07, 6.45) is 2.49. The summed E-state index contributed by atoms with van der Waals surface area (Å²) < 4.78 is 4.47. The fourth-order valence-electron chi connectivity index (χ4n) is 2.52. The molecule has 0 radical (unpaired) electrons. The van der Waals surface area contributed by atoms with E-state index in [2.05, 4.69) is 40.1 Å². The number of hydrogen-bond acceptors (Lipinski definition) is 4. The average Bonchev–Trinajstić information content (AvgIpc) is 2.81. The lowest BCUT2D eigenvalue weighted by Gasteiger charge is -2.34. The first-order chi connectivity index (χ1) is 8.77. The first-order valence-electron chi connectivity index (χ1n) is 6.56. The lowest BCUT2D eigenvalue weighted by molar-refractivity contribution is 0.247. The van der Waals surface area contributed by atoms with Crippen LogP contribution >= 0.6 is 11.5 Å². The highest BCUT2D eigenvalue weighted by Crippen LogP contribution is 2.32. The number of aromatic nitrogens is 1. The molecule has 0 aliphatic carbocycles. The fourth-order valence-corrected chi connectivity index (χ4v) is 3.27. The second kappa shape index (κ2) is 4.86. The first-order valence-corrected chi connectivity index (χ1v) is 7.33. The zero-order valence-corrected chi connectivity index (χ0v) is 11.5. The van der Waals surface area contributed by atoms with E-state index in [9.17, 15) is 0 Å². The van der Waals surface area contributed by atoms with Crippen LogP contribution < -0.4 is 10.6 Å². The van der Waals surface area contributed by atoms with Gasteiger partial charge in [0, 0.05) is 11.9 Å². The normalized spacial score (nSPS) is 18.9. The van der Waals surface area contributed by atoms with E-state index in [0.29, 0.717) is 5.41 Å². The molecule has 0 saturated carbocycles. The Morgan fingerprint density at radius 1 is 1.33 bits per heavy atom. The molecule has 1 saturated heterocycles. The molecule has 1 fully saturated rings.